The van der Waals surface area contributed by atoms with Crippen molar-refractivity contribution in [3.8, 4) is 0 Å². The fourth-order valence-electron chi connectivity index (χ4n) is 2.66. The normalized spacial score (nSPS) is 16.7. The molecule has 18 heavy (non-hydrogen) atoms. The molecule has 2 N–H and O–H groups in total. The van der Waals surface area contributed by atoms with Gasteiger partial charge in [-0.05, 0) is 39.4 Å². The smallest absolute Gasteiger partial charge is 0.255 e. The van der Waals surface area contributed by atoms with Gasteiger partial charge in [-0.15, -0.1) is 0 Å². The highest BCUT2D eigenvalue weighted by molar-refractivity contribution is 5.32. The zero-order chi connectivity index (χ0) is 13.5. The van der Waals surface area contributed by atoms with E-state index in [1.807, 2.05) is 31.4 Å². The van der Waals surface area contributed by atoms with Crippen LogP contribution in [0.2, 0.25) is 0 Å². The van der Waals surface area contributed by atoms with Crippen molar-refractivity contribution in [2.24, 2.45) is 5.73 Å². The van der Waals surface area contributed by atoms with Gasteiger partial charge in [0, 0.05) is 42.9 Å². The molecular formula is C14H23N3O. The van der Waals surface area contributed by atoms with Crippen LogP contribution in [-0.2, 0) is 25.0 Å². The highest BCUT2D eigenvalue weighted by atomic mass is 16.1. The van der Waals surface area contributed by atoms with Crippen molar-refractivity contribution in [3.05, 3.63) is 33.2 Å². The SMILES string of the molecule is CCn1c2c(cc(C(C)(C)N)c1=O)CN(C)CC2. The lowest BCUT2D eigenvalue weighted by atomic mass is 9.93. The summed E-state index contributed by atoms with van der Waals surface area (Å²) in [5.74, 6) is 0. The van der Waals surface area contributed by atoms with Crippen molar-refractivity contribution in [2.45, 2.75) is 45.8 Å². The van der Waals surface area contributed by atoms with Gasteiger partial charge in [-0.2, -0.15) is 0 Å². The van der Waals surface area contributed by atoms with E-state index < -0.39 is 5.54 Å². The molecule has 1 aromatic heterocycles. The summed E-state index contributed by atoms with van der Waals surface area (Å²) in [5.41, 5.74) is 8.77. The maximum atomic E-state index is 12.5. The van der Waals surface area contributed by atoms with Crippen LogP contribution in [0.1, 0.15) is 37.6 Å². The molecule has 0 unspecified atom stereocenters. The van der Waals surface area contributed by atoms with Crippen LogP contribution in [0.25, 0.3) is 0 Å². The third-order valence-corrected chi connectivity index (χ3v) is 3.67. The molecule has 1 aromatic rings. The van der Waals surface area contributed by atoms with Gasteiger partial charge in [-0.1, -0.05) is 0 Å². The van der Waals surface area contributed by atoms with E-state index in [1.165, 1.54) is 11.3 Å². The molecule has 4 heteroatoms. The Balaban J connectivity index is 2.67. The topological polar surface area (TPSA) is 51.3 Å². The Morgan fingerprint density at radius 3 is 2.67 bits per heavy atom. The lowest BCUT2D eigenvalue weighted by Gasteiger charge is -2.30. The molecule has 1 aliphatic rings. The minimum atomic E-state index is -0.584. The lowest BCUT2D eigenvalue weighted by molar-refractivity contribution is 0.303. The van der Waals surface area contributed by atoms with E-state index in [1.54, 1.807) is 0 Å². The maximum Gasteiger partial charge on any atom is 0.255 e. The maximum absolute atomic E-state index is 12.5. The molecule has 0 amide bonds. The summed E-state index contributed by atoms with van der Waals surface area (Å²) in [6, 6.07) is 2.01. The Hall–Kier alpha value is -1.13. The average Bonchev–Trinajstić information content (AvgIpc) is 2.27. The molecular weight excluding hydrogens is 226 g/mol. The molecule has 0 aromatic carbocycles. The number of likely N-dealkylation sites (N-methyl/N-ethyl adjacent to an activating group) is 1. The summed E-state index contributed by atoms with van der Waals surface area (Å²) in [5, 5.41) is 0. The molecule has 0 saturated heterocycles. The largest absolute Gasteiger partial charge is 0.322 e. The molecule has 0 bridgehead atoms. The van der Waals surface area contributed by atoms with Crippen molar-refractivity contribution in [1.29, 1.82) is 0 Å². The number of hydrogen-bond donors (Lipinski definition) is 1. The van der Waals surface area contributed by atoms with Gasteiger partial charge >= 0.3 is 0 Å². The number of nitrogens with zero attached hydrogens (tertiary/aromatic N) is 2. The van der Waals surface area contributed by atoms with Gasteiger partial charge in [0.15, 0.2) is 0 Å². The standard InChI is InChI=1S/C14H23N3O/c1-5-17-12-6-7-16(4)9-10(12)8-11(13(17)18)14(2,3)15/h8H,5-7,9,15H2,1-4H3. The van der Waals surface area contributed by atoms with E-state index in [2.05, 4.69) is 11.9 Å². The van der Waals surface area contributed by atoms with Gasteiger partial charge in [-0.25, -0.2) is 0 Å². The van der Waals surface area contributed by atoms with E-state index in [9.17, 15) is 4.79 Å². The van der Waals surface area contributed by atoms with Crippen LogP contribution < -0.4 is 11.3 Å². The number of rotatable bonds is 2. The van der Waals surface area contributed by atoms with E-state index >= 15 is 0 Å². The second-order valence-electron chi connectivity index (χ2n) is 5.79. The minimum absolute atomic E-state index is 0.0771. The average molecular weight is 249 g/mol. The third kappa shape index (κ3) is 2.22. The molecule has 100 valence electrons. The third-order valence-electron chi connectivity index (χ3n) is 3.67. The number of aromatic nitrogens is 1. The van der Waals surface area contributed by atoms with Crippen molar-refractivity contribution < 1.29 is 0 Å². The molecule has 0 atom stereocenters. The Labute approximate surface area is 108 Å². The summed E-state index contributed by atoms with van der Waals surface area (Å²) in [6.45, 7) is 8.43. The number of hydrogen-bond acceptors (Lipinski definition) is 3. The molecule has 2 rings (SSSR count). The van der Waals surface area contributed by atoms with Gasteiger partial charge in [0.25, 0.3) is 5.56 Å². The molecule has 0 fully saturated rings. The predicted molar refractivity (Wildman–Crippen MR) is 73.6 cm³/mol. The van der Waals surface area contributed by atoms with Crippen LogP contribution in [0, 0.1) is 0 Å². The van der Waals surface area contributed by atoms with E-state index in [-0.39, 0.29) is 5.56 Å². The van der Waals surface area contributed by atoms with Gasteiger partial charge in [-0.3, -0.25) is 4.79 Å². The highest BCUT2D eigenvalue weighted by Gasteiger charge is 2.25. The summed E-state index contributed by atoms with van der Waals surface area (Å²) >= 11 is 0. The Morgan fingerprint density at radius 1 is 1.44 bits per heavy atom. The first-order valence-electron chi connectivity index (χ1n) is 6.58. The van der Waals surface area contributed by atoms with Crippen molar-refractivity contribution in [1.82, 2.24) is 9.47 Å². The van der Waals surface area contributed by atoms with E-state index in [0.29, 0.717) is 0 Å². The first kappa shape index (κ1) is 13.3. The fourth-order valence-corrected chi connectivity index (χ4v) is 2.66. The van der Waals surface area contributed by atoms with Crippen LogP contribution >= 0.6 is 0 Å². The summed E-state index contributed by atoms with van der Waals surface area (Å²) in [6.07, 6.45) is 0.945. The van der Waals surface area contributed by atoms with Gasteiger partial charge < -0.3 is 15.2 Å². The Bertz CT molecular complexity index is 511. The quantitative estimate of drug-likeness (QED) is 0.852. The monoisotopic (exact) mass is 249 g/mol. The Kier molecular flexibility index (Phi) is 3.34. The molecule has 4 nitrogen and oxygen atoms in total. The predicted octanol–water partition coefficient (Wildman–Crippen LogP) is 1.05. The summed E-state index contributed by atoms with van der Waals surface area (Å²) < 4.78 is 1.90. The summed E-state index contributed by atoms with van der Waals surface area (Å²) in [4.78, 5) is 14.7. The molecule has 1 aliphatic heterocycles. The molecule has 2 heterocycles. The van der Waals surface area contributed by atoms with Crippen molar-refractivity contribution >= 4 is 0 Å². The zero-order valence-electron chi connectivity index (χ0n) is 11.8. The Morgan fingerprint density at radius 2 is 2.11 bits per heavy atom. The second kappa shape index (κ2) is 4.52. The fraction of sp³-hybridized carbons (Fsp3) is 0.643. The van der Waals surface area contributed by atoms with Crippen LogP contribution in [-0.4, -0.2) is 23.1 Å². The molecule has 0 spiro atoms. The second-order valence-corrected chi connectivity index (χ2v) is 5.79. The van der Waals surface area contributed by atoms with Gasteiger partial charge in [0.1, 0.15) is 0 Å². The van der Waals surface area contributed by atoms with Crippen LogP contribution in [0.3, 0.4) is 0 Å². The number of nitrogens with two attached hydrogens (primary N) is 1. The first-order chi connectivity index (χ1) is 8.34. The van der Waals surface area contributed by atoms with Crippen LogP contribution in [0.5, 0.6) is 0 Å². The van der Waals surface area contributed by atoms with E-state index in [4.69, 9.17) is 5.73 Å². The minimum Gasteiger partial charge on any atom is -0.322 e. The molecule has 0 saturated carbocycles. The first-order valence-corrected chi connectivity index (χ1v) is 6.58. The van der Waals surface area contributed by atoms with Crippen molar-refractivity contribution in [3.63, 3.8) is 0 Å². The molecule has 0 aliphatic carbocycles. The lowest BCUT2D eigenvalue weighted by Crippen LogP contribution is -2.41. The van der Waals surface area contributed by atoms with Crippen LogP contribution in [0.15, 0.2) is 10.9 Å². The molecule has 0 radical (unpaired) electrons. The van der Waals surface area contributed by atoms with E-state index in [0.717, 1.165) is 31.6 Å². The summed E-state index contributed by atoms with van der Waals surface area (Å²) in [7, 11) is 2.11. The van der Waals surface area contributed by atoms with Crippen LogP contribution in [0.4, 0.5) is 0 Å². The number of pyridine rings is 1. The van der Waals surface area contributed by atoms with Gasteiger partial charge in [0.2, 0.25) is 0 Å². The van der Waals surface area contributed by atoms with Crippen molar-refractivity contribution in [2.75, 3.05) is 13.6 Å². The van der Waals surface area contributed by atoms with Gasteiger partial charge in [0.05, 0.1) is 0 Å². The number of fused-ring (bicyclic) bond motifs is 1. The highest BCUT2D eigenvalue weighted by Crippen LogP contribution is 2.21. The zero-order valence-corrected chi connectivity index (χ0v) is 11.8.